The molecule has 3 aromatic rings. The number of rotatable bonds is 6. The molecule has 0 saturated heterocycles. The maximum absolute atomic E-state index is 13.0. The molecule has 0 spiro atoms. The van der Waals surface area contributed by atoms with Crippen LogP contribution in [0.2, 0.25) is 0 Å². The van der Waals surface area contributed by atoms with E-state index in [1.54, 1.807) is 48.1 Å². The highest BCUT2D eigenvalue weighted by molar-refractivity contribution is 7.90. The van der Waals surface area contributed by atoms with Gasteiger partial charge in [-0.2, -0.15) is 9.97 Å². The first kappa shape index (κ1) is 18.9. The van der Waals surface area contributed by atoms with Crippen LogP contribution in [0.25, 0.3) is 11.2 Å². The zero-order valence-corrected chi connectivity index (χ0v) is 16.5. The molecule has 0 aliphatic rings. The van der Waals surface area contributed by atoms with E-state index in [1.165, 1.54) is 7.11 Å². The molecular weight excluding hydrogens is 368 g/mol. The number of anilines is 2. The van der Waals surface area contributed by atoms with Crippen LogP contribution in [0.1, 0.15) is 12.5 Å². The van der Waals surface area contributed by atoms with Crippen molar-refractivity contribution >= 4 is 32.5 Å². The third-order valence-corrected chi connectivity index (χ3v) is 5.57. The van der Waals surface area contributed by atoms with Crippen LogP contribution in [0.3, 0.4) is 0 Å². The molecule has 2 heterocycles. The summed E-state index contributed by atoms with van der Waals surface area (Å²) in [6.07, 6.45) is 1.63. The zero-order valence-electron chi connectivity index (χ0n) is 15.7. The van der Waals surface area contributed by atoms with E-state index >= 15 is 0 Å². The second-order valence-electron chi connectivity index (χ2n) is 6.26. The van der Waals surface area contributed by atoms with Crippen LogP contribution in [0.4, 0.5) is 11.5 Å². The van der Waals surface area contributed by atoms with Gasteiger partial charge in [-0.05, 0) is 24.6 Å². The van der Waals surface area contributed by atoms with Crippen molar-refractivity contribution in [1.82, 2.24) is 19.5 Å². The second-order valence-corrected chi connectivity index (χ2v) is 8.15. The fourth-order valence-electron chi connectivity index (χ4n) is 2.75. The van der Waals surface area contributed by atoms with Crippen LogP contribution < -0.4 is 15.4 Å². The highest BCUT2D eigenvalue weighted by atomic mass is 32.2. The van der Waals surface area contributed by atoms with E-state index in [1.807, 2.05) is 6.92 Å². The highest BCUT2D eigenvalue weighted by Gasteiger charge is 2.24. The fourth-order valence-corrected chi connectivity index (χ4v) is 3.95. The maximum Gasteiger partial charge on any atom is 0.251 e. The predicted octanol–water partition coefficient (Wildman–Crippen LogP) is 1.48. The van der Waals surface area contributed by atoms with Crippen molar-refractivity contribution in [1.29, 1.82) is 0 Å². The number of benzene rings is 1. The number of hydrogen-bond donors (Lipinski definition) is 1. The van der Waals surface area contributed by atoms with Gasteiger partial charge in [0.25, 0.3) is 5.16 Å². The first-order chi connectivity index (χ1) is 12.8. The van der Waals surface area contributed by atoms with Gasteiger partial charge in [-0.15, -0.1) is 0 Å². The number of nitrogens with zero attached hydrogens (tertiary/aromatic N) is 5. The molecule has 10 heteroatoms. The van der Waals surface area contributed by atoms with Crippen LogP contribution in [0, 0.1) is 0 Å². The first-order valence-corrected chi connectivity index (χ1v) is 9.97. The molecule has 0 bridgehead atoms. The topological polar surface area (TPSA) is 116 Å². The number of nitrogen functional groups attached to an aromatic ring is 1. The van der Waals surface area contributed by atoms with Gasteiger partial charge in [0.05, 0.1) is 24.9 Å². The predicted molar refractivity (Wildman–Crippen MR) is 104 cm³/mol. The lowest BCUT2D eigenvalue weighted by Crippen LogP contribution is -2.17. The Morgan fingerprint density at radius 1 is 1.26 bits per heavy atom. The summed E-state index contributed by atoms with van der Waals surface area (Å²) < 4.78 is 32.8. The number of aromatic nitrogens is 4. The van der Waals surface area contributed by atoms with Gasteiger partial charge in [0.15, 0.2) is 17.0 Å². The van der Waals surface area contributed by atoms with Crippen molar-refractivity contribution in [2.75, 3.05) is 31.8 Å². The number of hydrogen-bond acceptors (Lipinski definition) is 8. The second kappa shape index (κ2) is 7.03. The Bertz CT molecular complexity index is 1090. The summed E-state index contributed by atoms with van der Waals surface area (Å²) in [5.41, 5.74) is 7.85. The summed E-state index contributed by atoms with van der Waals surface area (Å²) >= 11 is 0. The molecule has 0 atom stereocenters. The summed E-state index contributed by atoms with van der Waals surface area (Å²) in [4.78, 5) is 14.6. The quantitative estimate of drug-likeness (QED) is 0.497. The van der Waals surface area contributed by atoms with Gasteiger partial charge in [0, 0.05) is 20.6 Å². The summed E-state index contributed by atoms with van der Waals surface area (Å²) in [7, 11) is 1.29. The van der Waals surface area contributed by atoms with Gasteiger partial charge >= 0.3 is 0 Å². The van der Waals surface area contributed by atoms with E-state index in [0.717, 1.165) is 0 Å². The van der Waals surface area contributed by atoms with Crippen molar-refractivity contribution < 1.29 is 13.2 Å². The number of fused-ring (bicyclic) bond motifs is 1. The van der Waals surface area contributed by atoms with Gasteiger partial charge < -0.3 is 19.9 Å². The lowest BCUT2D eigenvalue weighted by Gasteiger charge is -2.14. The van der Waals surface area contributed by atoms with Crippen LogP contribution in [0.5, 0.6) is 5.75 Å². The van der Waals surface area contributed by atoms with Crippen LogP contribution in [-0.4, -0.2) is 49.1 Å². The zero-order chi connectivity index (χ0) is 19.8. The number of sulfone groups is 1. The highest BCUT2D eigenvalue weighted by Crippen LogP contribution is 2.26. The summed E-state index contributed by atoms with van der Waals surface area (Å²) in [5, 5.41) is -0.233. The van der Waals surface area contributed by atoms with Gasteiger partial charge in [-0.1, -0.05) is 6.07 Å². The van der Waals surface area contributed by atoms with E-state index in [2.05, 4.69) is 15.0 Å². The maximum atomic E-state index is 13.0. The largest absolute Gasteiger partial charge is 0.495 e. The third-order valence-electron chi connectivity index (χ3n) is 4.12. The Labute approximate surface area is 157 Å². The van der Waals surface area contributed by atoms with Crippen LogP contribution in [0.15, 0.2) is 29.7 Å². The number of nitrogens with two attached hydrogens (primary N) is 1. The van der Waals surface area contributed by atoms with Crippen LogP contribution in [-0.2, 0) is 22.1 Å². The van der Waals surface area contributed by atoms with Crippen molar-refractivity contribution in [2.45, 2.75) is 24.4 Å². The Balaban J connectivity index is 2.08. The molecule has 3 rings (SSSR count). The van der Waals surface area contributed by atoms with Gasteiger partial charge in [0.1, 0.15) is 5.75 Å². The molecule has 0 radical (unpaired) electrons. The van der Waals surface area contributed by atoms with Crippen molar-refractivity contribution in [3.05, 3.63) is 30.1 Å². The number of imidazole rings is 1. The SMILES string of the molecule is CCn1cnc2c(N(C)C)nc(S(=O)(=O)Cc3ccc(OC)c(N)c3)nc21. The van der Waals surface area contributed by atoms with Crippen LogP contribution >= 0.6 is 0 Å². The lowest BCUT2D eigenvalue weighted by atomic mass is 10.2. The van der Waals surface area contributed by atoms with E-state index in [9.17, 15) is 8.42 Å². The Kier molecular flexibility index (Phi) is 4.92. The lowest BCUT2D eigenvalue weighted by molar-refractivity contribution is 0.417. The molecule has 144 valence electrons. The van der Waals surface area contributed by atoms with Crippen molar-refractivity contribution in [3.63, 3.8) is 0 Å². The van der Waals surface area contributed by atoms with E-state index in [0.29, 0.717) is 40.5 Å². The van der Waals surface area contributed by atoms with E-state index in [-0.39, 0.29) is 10.9 Å². The minimum Gasteiger partial charge on any atom is -0.495 e. The summed E-state index contributed by atoms with van der Waals surface area (Å²) in [6.45, 7) is 2.56. The molecule has 0 aliphatic carbocycles. The average Bonchev–Trinajstić information content (AvgIpc) is 3.03. The number of methoxy groups -OCH3 is 1. The molecule has 0 fully saturated rings. The molecule has 0 amide bonds. The average molecular weight is 390 g/mol. The molecule has 0 saturated carbocycles. The molecule has 0 unspecified atom stereocenters. The summed E-state index contributed by atoms with van der Waals surface area (Å²) in [5.74, 6) is 0.690. The van der Waals surface area contributed by atoms with E-state index in [4.69, 9.17) is 10.5 Å². The normalized spacial score (nSPS) is 11.7. The Morgan fingerprint density at radius 2 is 2.00 bits per heavy atom. The molecule has 27 heavy (non-hydrogen) atoms. The summed E-state index contributed by atoms with van der Waals surface area (Å²) in [6, 6.07) is 4.88. The van der Waals surface area contributed by atoms with Gasteiger partial charge in [0.2, 0.25) is 9.84 Å². The molecular formula is C17H22N6O3S. The number of ether oxygens (including phenoxy) is 1. The first-order valence-electron chi connectivity index (χ1n) is 8.32. The van der Waals surface area contributed by atoms with Crippen molar-refractivity contribution in [2.24, 2.45) is 0 Å². The van der Waals surface area contributed by atoms with Gasteiger partial charge in [-0.3, -0.25) is 0 Å². The molecule has 0 aliphatic heterocycles. The molecule has 2 aromatic heterocycles. The van der Waals surface area contributed by atoms with Crippen molar-refractivity contribution in [3.8, 4) is 5.75 Å². The van der Waals surface area contributed by atoms with E-state index < -0.39 is 9.84 Å². The molecule has 2 N–H and O–H groups in total. The standard InChI is InChI=1S/C17H22N6O3S/c1-5-23-10-19-14-15(22(2)3)20-17(21-16(14)23)27(24,25)9-11-6-7-13(26-4)12(18)8-11/h6-8,10H,5,9,18H2,1-4H3. The Hall–Kier alpha value is -2.88. The smallest absolute Gasteiger partial charge is 0.251 e. The fraction of sp³-hybridized carbons (Fsp3) is 0.353. The minimum absolute atomic E-state index is 0.233. The molecule has 9 nitrogen and oxygen atoms in total. The third kappa shape index (κ3) is 3.52. The van der Waals surface area contributed by atoms with Gasteiger partial charge in [-0.25, -0.2) is 13.4 Å². The molecule has 1 aromatic carbocycles. The minimum atomic E-state index is -3.79. The number of aryl methyl sites for hydroxylation is 1. The Morgan fingerprint density at radius 3 is 2.59 bits per heavy atom. The monoisotopic (exact) mass is 390 g/mol.